The van der Waals surface area contributed by atoms with Crippen LogP contribution < -0.4 is 10.6 Å². The Morgan fingerprint density at radius 1 is 1.43 bits per heavy atom. The van der Waals surface area contributed by atoms with Gasteiger partial charge in [-0.05, 0) is 26.0 Å². The molecule has 1 aromatic heterocycles. The lowest BCUT2D eigenvalue weighted by molar-refractivity contribution is 0.0374. The van der Waals surface area contributed by atoms with Gasteiger partial charge in [-0.2, -0.15) is 0 Å². The van der Waals surface area contributed by atoms with E-state index in [1.807, 2.05) is 13.0 Å². The first-order valence-corrected chi connectivity index (χ1v) is 7.57. The summed E-state index contributed by atoms with van der Waals surface area (Å²) in [4.78, 5) is 18.6. The highest BCUT2D eigenvalue weighted by molar-refractivity contribution is 5.99. The van der Waals surface area contributed by atoms with E-state index < -0.39 is 0 Å². The average molecular weight is 292 g/mol. The van der Waals surface area contributed by atoms with E-state index in [9.17, 15) is 4.79 Å². The summed E-state index contributed by atoms with van der Waals surface area (Å²) in [6, 6.07) is 1.83. The van der Waals surface area contributed by atoms with Gasteiger partial charge in [0.05, 0.1) is 24.5 Å². The molecular formula is C15H24N4O2. The molecule has 2 N–H and O–H groups in total. The van der Waals surface area contributed by atoms with Crippen LogP contribution in [-0.4, -0.2) is 61.7 Å². The zero-order chi connectivity index (χ0) is 14.9. The Bertz CT molecular complexity index is 447. The number of pyridine rings is 1. The number of aromatic nitrogens is 1. The molecule has 6 heteroatoms. The number of ether oxygens (including phenoxy) is 1. The van der Waals surface area contributed by atoms with Crippen LogP contribution in [0.1, 0.15) is 23.7 Å². The van der Waals surface area contributed by atoms with Crippen molar-refractivity contribution in [2.45, 2.75) is 13.3 Å². The van der Waals surface area contributed by atoms with Crippen molar-refractivity contribution in [2.75, 3.05) is 51.3 Å². The Balaban J connectivity index is 1.74. The normalized spacial score (nSPS) is 15.7. The third-order valence-corrected chi connectivity index (χ3v) is 3.47. The number of carbonyl (C=O) groups is 1. The van der Waals surface area contributed by atoms with Gasteiger partial charge in [0.2, 0.25) is 0 Å². The number of morpholine rings is 1. The Kier molecular flexibility index (Phi) is 6.43. The minimum Gasteiger partial charge on any atom is -0.385 e. The Morgan fingerprint density at radius 3 is 3.00 bits per heavy atom. The van der Waals surface area contributed by atoms with E-state index in [2.05, 4.69) is 20.5 Å². The van der Waals surface area contributed by atoms with Crippen molar-refractivity contribution < 1.29 is 9.53 Å². The van der Waals surface area contributed by atoms with Gasteiger partial charge in [-0.3, -0.25) is 14.7 Å². The summed E-state index contributed by atoms with van der Waals surface area (Å²) in [6.07, 6.45) is 4.24. The molecule has 21 heavy (non-hydrogen) atoms. The van der Waals surface area contributed by atoms with Crippen molar-refractivity contribution >= 4 is 11.6 Å². The lowest BCUT2D eigenvalue weighted by Gasteiger charge is -2.26. The van der Waals surface area contributed by atoms with Crippen LogP contribution >= 0.6 is 0 Å². The number of hydrogen-bond donors (Lipinski definition) is 2. The first-order valence-electron chi connectivity index (χ1n) is 7.57. The predicted octanol–water partition coefficient (Wildman–Crippen LogP) is 0.965. The second-order valence-electron chi connectivity index (χ2n) is 5.02. The third kappa shape index (κ3) is 4.99. The molecule has 1 aliphatic heterocycles. The summed E-state index contributed by atoms with van der Waals surface area (Å²) in [6.45, 7) is 8.06. The molecule has 0 aromatic carbocycles. The molecule has 0 radical (unpaired) electrons. The van der Waals surface area contributed by atoms with Gasteiger partial charge in [-0.15, -0.1) is 0 Å². The molecule has 1 amide bonds. The van der Waals surface area contributed by atoms with Gasteiger partial charge in [0.1, 0.15) is 0 Å². The first kappa shape index (κ1) is 15.7. The number of rotatable bonds is 7. The van der Waals surface area contributed by atoms with Crippen LogP contribution in [0, 0.1) is 0 Å². The van der Waals surface area contributed by atoms with Crippen LogP contribution in [-0.2, 0) is 4.74 Å². The molecule has 0 spiro atoms. The van der Waals surface area contributed by atoms with Gasteiger partial charge in [0.15, 0.2) is 0 Å². The van der Waals surface area contributed by atoms with Crippen LogP contribution in [0.5, 0.6) is 0 Å². The fourth-order valence-electron chi connectivity index (χ4n) is 2.34. The summed E-state index contributed by atoms with van der Waals surface area (Å²) in [5.74, 6) is -0.0685. The van der Waals surface area contributed by atoms with Crippen LogP contribution in [0.25, 0.3) is 0 Å². The highest BCUT2D eigenvalue weighted by Crippen LogP contribution is 2.12. The zero-order valence-electron chi connectivity index (χ0n) is 12.6. The molecule has 0 atom stereocenters. The topological polar surface area (TPSA) is 66.5 Å². The van der Waals surface area contributed by atoms with E-state index in [-0.39, 0.29) is 5.91 Å². The second-order valence-corrected chi connectivity index (χ2v) is 5.02. The minimum absolute atomic E-state index is 0.0685. The van der Waals surface area contributed by atoms with E-state index in [1.54, 1.807) is 12.4 Å². The third-order valence-electron chi connectivity index (χ3n) is 3.47. The smallest absolute Gasteiger partial charge is 0.254 e. The molecule has 0 saturated carbocycles. The summed E-state index contributed by atoms with van der Waals surface area (Å²) >= 11 is 0. The quantitative estimate of drug-likeness (QED) is 0.733. The lowest BCUT2D eigenvalue weighted by Crippen LogP contribution is -2.38. The number of carbonyl (C=O) groups excluding carboxylic acids is 1. The molecule has 1 aliphatic rings. The minimum atomic E-state index is -0.0685. The molecule has 2 rings (SSSR count). The standard InChI is InChI=1S/C15H24N4O2/c1-2-17-14-4-6-16-12-13(14)15(20)18-5-3-7-19-8-10-21-11-9-19/h4,6,12H,2-3,5,7-11H2,1H3,(H,16,17)(H,18,20). The maximum Gasteiger partial charge on any atom is 0.254 e. The van der Waals surface area contributed by atoms with Gasteiger partial charge >= 0.3 is 0 Å². The Morgan fingerprint density at radius 2 is 2.24 bits per heavy atom. The molecule has 1 fully saturated rings. The summed E-state index contributed by atoms with van der Waals surface area (Å²) in [7, 11) is 0. The van der Waals surface area contributed by atoms with Crippen LogP contribution in [0.3, 0.4) is 0 Å². The van der Waals surface area contributed by atoms with Crippen LogP contribution in [0.15, 0.2) is 18.5 Å². The molecule has 1 saturated heterocycles. The van der Waals surface area contributed by atoms with E-state index in [4.69, 9.17) is 4.74 Å². The maximum atomic E-state index is 12.2. The predicted molar refractivity (Wildman–Crippen MR) is 82.6 cm³/mol. The molecular weight excluding hydrogens is 268 g/mol. The van der Waals surface area contributed by atoms with E-state index in [0.29, 0.717) is 12.1 Å². The summed E-state index contributed by atoms with van der Waals surface area (Å²) < 4.78 is 5.31. The summed E-state index contributed by atoms with van der Waals surface area (Å²) in [5, 5.41) is 6.14. The molecule has 0 aliphatic carbocycles. The van der Waals surface area contributed by atoms with Crippen molar-refractivity contribution in [2.24, 2.45) is 0 Å². The number of nitrogens with zero attached hydrogens (tertiary/aromatic N) is 2. The largest absolute Gasteiger partial charge is 0.385 e. The van der Waals surface area contributed by atoms with E-state index in [0.717, 1.165) is 51.5 Å². The molecule has 116 valence electrons. The monoisotopic (exact) mass is 292 g/mol. The molecule has 0 unspecified atom stereocenters. The number of nitrogens with one attached hydrogen (secondary N) is 2. The van der Waals surface area contributed by atoms with Gasteiger partial charge in [-0.1, -0.05) is 0 Å². The first-order chi connectivity index (χ1) is 10.3. The Hall–Kier alpha value is -1.66. The summed E-state index contributed by atoms with van der Waals surface area (Å²) in [5.41, 5.74) is 1.43. The Labute approximate surface area is 125 Å². The van der Waals surface area contributed by atoms with Gasteiger partial charge in [-0.25, -0.2) is 0 Å². The van der Waals surface area contributed by atoms with Crippen molar-refractivity contribution in [3.05, 3.63) is 24.0 Å². The maximum absolute atomic E-state index is 12.2. The molecule has 6 nitrogen and oxygen atoms in total. The van der Waals surface area contributed by atoms with E-state index in [1.165, 1.54) is 0 Å². The lowest BCUT2D eigenvalue weighted by atomic mass is 10.2. The highest BCUT2D eigenvalue weighted by Gasteiger charge is 2.12. The van der Waals surface area contributed by atoms with Crippen molar-refractivity contribution in [3.63, 3.8) is 0 Å². The number of anilines is 1. The van der Waals surface area contributed by atoms with Crippen molar-refractivity contribution in [1.29, 1.82) is 0 Å². The molecule has 0 bridgehead atoms. The molecule has 1 aromatic rings. The molecule has 2 heterocycles. The SMILES string of the molecule is CCNc1ccncc1C(=O)NCCCN1CCOCC1. The van der Waals surface area contributed by atoms with Gasteiger partial charge < -0.3 is 15.4 Å². The van der Waals surface area contributed by atoms with Crippen molar-refractivity contribution in [3.8, 4) is 0 Å². The highest BCUT2D eigenvalue weighted by atomic mass is 16.5. The second kappa shape index (κ2) is 8.59. The van der Waals surface area contributed by atoms with Gasteiger partial charge in [0, 0.05) is 38.6 Å². The zero-order valence-corrected chi connectivity index (χ0v) is 12.6. The van der Waals surface area contributed by atoms with Gasteiger partial charge in [0.25, 0.3) is 5.91 Å². The number of hydrogen-bond acceptors (Lipinski definition) is 5. The van der Waals surface area contributed by atoms with E-state index >= 15 is 0 Å². The number of amides is 1. The fourth-order valence-corrected chi connectivity index (χ4v) is 2.34. The van der Waals surface area contributed by atoms with Crippen LogP contribution in [0.2, 0.25) is 0 Å². The van der Waals surface area contributed by atoms with Crippen LogP contribution in [0.4, 0.5) is 5.69 Å². The average Bonchev–Trinajstić information content (AvgIpc) is 2.53. The van der Waals surface area contributed by atoms with Crippen molar-refractivity contribution in [1.82, 2.24) is 15.2 Å². The fraction of sp³-hybridized carbons (Fsp3) is 0.600.